The number of esters is 2. The molecule has 0 atom stereocenters. The first-order chi connectivity index (χ1) is 18.8. The number of hydrogen-bond donors (Lipinski definition) is 0. The lowest BCUT2D eigenvalue weighted by molar-refractivity contribution is -0.140. The van der Waals surface area contributed by atoms with Crippen LogP contribution in [0.25, 0.3) is 21.5 Å². The molecule has 0 saturated heterocycles. The van der Waals surface area contributed by atoms with Crippen LogP contribution in [0.15, 0.2) is 103 Å². The molecule has 0 aliphatic carbocycles. The Labute approximate surface area is 229 Å². The molecule has 0 bridgehead atoms. The van der Waals surface area contributed by atoms with Crippen LogP contribution in [0.3, 0.4) is 0 Å². The van der Waals surface area contributed by atoms with Gasteiger partial charge >= 0.3 is 11.9 Å². The Bertz CT molecular complexity index is 1560. The van der Waals surface area contributed by atoms with Gasteiger partial charge in [0.25, 0.3) is 0 Å². The summed E-state index contributed by atoms with van der Waals surface area (Å²) in [6.45, 7) is 6.78. The highest BCUT2D eigenvalue weighted by molar-refractivity contribution is 8.14. The minimum absolute atomic E-state index is 0.0911. The van der Waals surface area contributed by atoms with Crippen molar-refractivity contribution >= 4 is 50.4 Å². The number of unbranched alkanes of at least 4 members (excludes halogenated alkanes) is 1. The van der Waals surface area contributed by atoms with Crippen molar-refractivity contribution in [3.05, 3.63) is 103 Å². The van der Waals surface area contributed by atoms with E-state index in [1.165, 1.54) is 0 Å². The van der Waals surface area contributed by atoms with Crippen LogP contribution in [0, 0.1) is 0 Å². The lowest BCUT2D eigenvalue weighted by Crippen LogP contribution is -2.07. The van der Waals surface area contributed by atoms with Gasteiger partial charge in [0, 0.05) is 16.5 Å². The molecule has 8 heteroatoms. The minimum Gasteiger partial charge on any atom is -0.494 e. The summed E-state index contributed by atoms with van der Waals surface area (Å²) in [7, 11) is 0. The first-order valence-corrected chi connectivity index (χ1v) is 12.9. The van der Waals surface area contributed by atoms with Crippen LogP contribution in [-0.2, 0) is 14.3 Å². The van der Waals surface area contributed by atoms with Crippen LogP contribution in [-0.4, -0.2) is 30.3 Å². The molecule has 0 fully saturated rings. The van der Waals surface area contributed by atoms with Crippen LogP contribution in [0.5, 0.6) is 11.5 Å². The zero-order valence-electron chi connectivity index (χ0n) is 21.0. The van der Waals surface area contributed by atoms with E-state index in [4.69, 9.17) is 9.47 Å². The zero-order chi connectivity index (χ0) is 27.8. The van der Waals surface area contributed by atoms with Crippen LogP contribution in [0.4, 0.5) is 4.39 Å². The van der Waals surface area contributed by atoms with Crippen molar-refractivity contribution in [3.63, 3.8) is 0 Å². The maximum atomic E-state index is 12.9. The molecule has 0 unspecified atom stereocenters. The van der Waals surface area contributed by atoms with Crippen molar-refractivity contribution in [2.75, 3.05) is 13.2 Å². The third-order valence-corrected chi connectivity index (χ3v) is 6.64. The molecule has 0 N–H and O–H groups in total. The van der Waals surface area contributed by atoms with Crippen LogP contribution in [0.2, 0.25) is 0 Å². The average Bonchev–Trinajstić information content (AvgIpc) is 2.94. The number of ether oxygens (including phenoxy) is 3. The van der Waals surface area contributed by atoms with E-state index in [-0.39, 0.29) is 11.7 Å². The number of benzene rings is 4. The molecule has 0 saturated carbocycles. The van der Waals surface area contributed by atoms with Crippen LogP contribution >= 0.6 is 11.8 Å². The maximum absolute atomic E-state index is 12.9. The molecule has 39 heavy (non-hydrogen) atoms. The Kier molecular flexibility index (Phi) is 9.12. The summed E-state index contributed by atoms with van der Waals surface area (Å²) in [5, 5.41) is 3.87. The van der Waals surface area contributed by atoms with Crippen molar-refractivity contribution in [1.82, 2.24) is 0 Å². The summed E-state index contributed by atoms with van der Waals surface area (Å²) in [5.74, 6) is -1.60. The molecule has 0 aliphatic heterocycles. The molecule has 4 aromatic rings. The maximum Gasteiger partial charge on any atom is 0.366 e. The zero-order valence-corrected chi connectivity index (χ0v) is 21.8. The number of fused-ring (bicyclic) bond motifs is 3. The van der Waals surface area contributed by atoms with Gasteiger partial charge in [-0.1, -0.05) is 37.4 Å². The fourth-order valence-corrected chi connectivity index (χ4v) is 4.59. The predicted octanol–water partition coefficient (Wildman–Crippen LogP) is 7.20. The first kappa shape index (κ1) is 27.6. The van der Waals surface area contributed by atoms with E-state index in [2.05, 4.69) is 17.9 Å². The van der Waals surface area contributed by atoms with E-state index in [0.29, 0.717) is 36.5 Å². The van der Waals surface area contributed by atoms with Gasteiger partial charge in [0.1, 0.15) is 11.5 Å². The number of thioether (sulfide) groups is 1. The molecule has 0 aliphatic rings. The predicted molar refractivity (Wildman–Crippen MR) is 150 cm³/mol. The summed E-state index contributed by atoms with van der Waals surface area (Å²) >= 11 is 1.14. The third-order valence-electron chi connectivity index (χ3n) is 5.73. The number of rotatable bonds is 11. The summed E-state index contributed by atoms with van der Waals surface area (Å²) in [6.07, 6.45) is 2.26. The summed E-state index contributed by atoms with van der Waals surface area (Å²) in [4.78, 5) is 36.1. The Hall–Kier alpha value is -4.43. The molecule has 0 radical (unpaired) electrons. The van der Waals surface area contributed by atoms with Gasteiger partial charge in [-0.05, 0) is 94.7 Å². The molecule has 0 amide bonds. The summed E-state index contributed by atoms with van der Waals surface area (Å²) in [6, 6.07) is 22.1. The Morgan fingerprint density at radius 2 is 1.46 bits per heavy atom. The molecule has 4 rings (SSSR count). The minimum atomic E-state index is -1.11. The third kappa shape index (κ3) is 7.33. The van der Waals surface area contributed by atoms with Gasteiger partial charge in [-0.3, -0.25) is 4.79 Å². The van der Waals surface area contributed by atoms with Gasteiger partial charge in [-0.2, -0.15) is 4.39 Å². The molecular weight excluding hydrogens is 519 g/mol. The average molecular weight is 545 g/mol. The van der Waals surface area contributed by atoms with Crippen LogP contribution < -0.4 is 9.47 Å². The lowest BCUT2D eigenvalue weighted by Gasteiger charge is -2.09. The molecule has 6 nitrogen and oxygen atoms in total. The molecule has 0 aromatic heterocycles. The second kappa shape index (κ2) is 12.9. The molecule has 198 valence electrons. The number of halogens is 1. The quantitative estimate of drug-likeness (QED) is 0.0493. The Morgan fingerprint density at radius 1 is 0.821 bits per heavy atom. The van der Waals surface area contributed by atoms with E-state index in [1.807, 2.05) is 36.4 Å². The molecular formula is C31H25FO6S. The Balaban J connectivity index is 1.33. The van der Waals surface area contributed by atoms with Crippen molar-refractivity contribution in [2.24, 2.45) is 0 Å². The van der Waals surface area contributed by atoms with Crippen molar-refractivity contribution in [3.8, 4) is 11.5 Å². The smallest absolute Gasteiger partial charge is 0.366 e. The second-order valence-electron chi connectivity index (χ2n) is 8.47. The van der Waals surface area contributed by atoms with Gasteiger partial charge in [0.2, 0.25) is 10.9 Å². The van der Waals surface area contributed by atoms with Crippen molar-refractivity contribution in [1.29, 1.82) is 0 Å². The van der Waals surface area contributed by atoms with E-state index in [1.54, 1.807) is 36.4 Å². The van der Waals surface area contributed by atoms with E-state index < -0.39 is 17.8 Å². The van der Waals surface area contributed by atoms with Gasteiger partial charge in [-0.25, -0.2) is 9.59 Å². The second-order valence-corrected chi connectivity index (χ2v) is 9.51. The standard InChI is InChI=1S/C31H25FO6S/c1-3-29(33)38-25-12-14-27-22(18-25)6-7-23-19-26(13-15-28(23)27)39-31(35)21-8-10-24(11-9-21)36-16-4-5-17-37-30(34)20(2)32/h3,6-15,18-19H,1-2,4-5,16-17H2. The summed E-state index contributed by atoms with van der Waals surface area (Å²) < 4.78 is 28.1. The van der Waals surface area contributed by atoms with E-state index in [9.17, 15) is 18.8 Å². The number of carbonyl (C=O) groups excluding carboxylic acids is 3. The van der Waals surface area contributed by atoms with E-state index in [0.717, 1.165) is 44.3 Å². The van der Waals surface area contributed by atoms with Crippen LogP contribution in [0.1, 0.15) is 23.2 Å². The van der Waals surface area contributed by atoms with Gasteiger partial charge < -0.3 is 14.2 Å². The molecule has 4 aromatic carbocycles. The van der Waals surface area contributed by atoms with Crippen molar-refractivity contribution in [2.45, 2.75) is 17.7 Å². The summed E-state index contributed by atoms with van der Waals surface area (Å²) in [5.41, 5.74) is 0.547. The largest absolute Gasteiger partial charge is 0.494 e. The van der Waals surface area contributed by atoms with Crippen molar-refractivity contribution < 1.29 is 33.0 Å². The number of hydrogen-bond acceptors (Lipinski definition) is 7. The molecule has 0 spiro atoms. The highest BCUT2D eigenvalue weighted by Gasteiger charge is 2.11. The topological polar surface area (TPSA) is 78.9 Å². The monoisotopic (exact) mass is 544 g/mol. The highest BCUT2D eigenvalue weighted by Crippen LogP contribution is 2.32. The first-order valence-electron chi connectivity index (χ1n) is 12.1. The fraction of sp³-hybridized carbons (Fsp3) is 0.129. The SMILES string of the molecule is C=CC(=O)Oc1ccc2c(ccc3cc(SC(=O)c4ccc(OCCCCOC(=O)C(=C)F)cc4)ccc32)c1. The number of carbonyl (C=O) groups is 3. The lowest BCUT2D eigenvalue weighted by atomic mass is 10.0. The molecule has 0 heterocycles. The van der Waals surface area contributed by atoms with Gasteiger partial charge in [0.15, 0.2) is 0 Å². The van der Waals surface area contributed by atoms with Gasteiger partial charge in [0.05, 0.1) is 13.2 Å². The van der Waals surface area contributed by atoms with Gasteiger partial charge in [-0.15, -0.1) is 0 Å². The normalized spacial score (nSPS) is 10.7. The highest BCUT2D eigenvalue weighted by atomic mass is 32.2. The Morgan fingerprint density at radius 3 is 2.15 bits per heavy atom. The fourth-order valence-electron chi connectivity index (χ4n) is 3.80. The van der Waals surface area contributed by atoms with E-state index >= 15 is 0 Å².